The molecule has 0 amide bonds. The Morgan fingerprint density at radius 3 is 1.49 bits per heavy atom. The molecule has 0 saturated heterocycles. The van der Waals surface area contributed by atoms with E-state index in [1.165, 1.54) is 64.2 Å². The zero-order valence-corrected chi connectivity index (χ0v) is 25.8. The van der Waals surface area contributed by atoms with Crippen molar-refractivity contribution in [2.75, 3.05) is 0 Å². The van der Waals surface area contributed by atoms with E-state index in [0.717, 1.165) is 55.8 Å². The first kappa shape index (κ1) is 28.5. The topological polar surface area (TPSA) is 65.3 Å². The fraction of sp³-hybridized carbons (Fsp3) is 0.654. The quantitative estimate of drug-likeness (QED) is 0.0920. The summed E-state index contributed by atoms with van der Waals surface area (Å²) in [5.41, 5.74) is 3.99. The van der Waals surface area contributed by atoms with Gasteiger partial charge >= 0.3 is 0 Å². The molecule has 0 aliphatic heterocycles. The number of pyridine rings is 1. The minimum absolute atomic E-state index is 0.924. The average Bonchev–Trinajstić information content (AvgIpc) is 3.40. The van der Waals surface area contributed by atoms with Crippen molar-refractivity contribution in [2.24, 2.45) is 7.05 Å². The molecule has 3 rings (SSSR count). The van der Waals surface area contributed by atoms with Gasteiger partial charge in [0.2, 0.25) is 0 Å². The SMILES string of the molecule is CCCCCCCCn1nnc(-c2cc(-c3nnn(CCCCCCCC)c3I)c[n+](C)c2)c1I. The van der Waals surface area contributed by atoms with Crippen LogP contribution in [-0.2, 0) is 20.1 Å². The van der Waals surface area contributed by atoms with Gasteiger partial charge in [-0.25, -0.2) is 13.9 Å². The van der Waals surface area contributed by atoms with E-state index in [2.05, 4.69) is 103 Å². The Balaban J connectivity index is 1.66. The summed E-state index contributed by atoms with van der Waals surface area (Å²) in [6.45, 7) is 6.36. The van der Waals surface area contributed by atoms with Gasteiger partial charge in [0.25, 0.3) is 0 Å². The fourth-order valence-corrected chi connectivity index (χ4v) is 5.82. The summed E-state index contributed by atoms with van der Waals surface area (Å²) in [6.07, 6.45) is 19.6. The van der Waals surface area contributed by atoms with Crippen LogP contribution in [0.4, 0.5) is 0 Å². The highest BCUT2D eigenvalue weighted by atomic mass is 127. The lowest BCUT2D eigenvalue weighted by atomic mass is 10.1. The molecule has 3 aromatic rings. The van der Waals surface area contributed by atoms with Crippen LogP contribution in [0.2, 0.25) is 0 Å². The van der Waals surface area contributed by atoms with E-state index in [9.17, 15) is 0 Å². The van der Waals surface area contributed by atoms with Crippen LogP contribution in [0.25, 0.3) is 22.5 Å². The number of aryl methyl sites for hydroxylation is 3. The smallest absolute Gasteiger partial charge is 0.178 e. The van der Waals surface area contributed by atoms with Crippen molar-refractivity contribution < 1.29 is 4.57 Å². The molecule has 0 radical (unpaired) electrons. The Labute approximate surface area is 237 Å². The largest absolute Gasteiger partial charge is 0.238 e. The molecule has 3 heterocycles. The number of aromatic nitrogens is 7. The third kappa shape index (κ3) is 8.46. The van der Waals surface area contributed by atoms with Crippen molar-refractivity contribution in [3.63, 3.8) is 0 Å². The molecule has 7 nitrogen and oxygen atoms in total. The molecule has 0 unspecified atom stereocenters. The zero-order valence-electron chi connectivity index (χ0n) is 21.5. The second-order valence-corrected chi connectivity index (χ2v) is 11.5. The van der Waals surface area contributed by atoms with Gasteiger partial charge in [-0.15, -0.1) is 10.2 Å². The second kappa shape index (κ2) is 15.2. The summed E-state index contributed by atoms with van der Waals surface area (Å²) in [7, 11) is 2.05. The molecule has 0 bridgehead atoms. The van der Waals surface area contributed by atoms with Gasteiger partial charge in [-0.2, -0.15) is 0 Å². The van der Waals surface area contributed by atoms with Gasteiger partial charge in [0.15, 0.2) is 12.4 Å². The first-order chi connectivity index (χ1) is 17.0. The van der Waals surface area contributed by atoms with Gasteiger partial charge < -0.3 is 0 Å². The van der Waals surface area contributed by atoms with Gasteiger partial charge in [0, 0.05) is 13.1 Å². The van der Waals surface area contributed by atoms with Crippen LogP contribution in [0.15, 0.2) is 18.5 Å². The van der Waals surface area contributed by atoms with Crippen molar-refractivity contribution in [3.8, 4) is 22.5 Å². The zero-order chi connectivity index (χ0) is 25.0. The maximum atomic E-state index is 4.54. The highest BCUT2D eigenvalue weighted by Gasteiger charge is 2.20. The molecule has 0 atom stereocenters. The Bertz CT molecular complexity index is 966. The van der Waals surface area contributed by atoms with E-state index in [0.29, 0.717) is 0 Å². The molecule has 0 saturated carbocycles. The van der Waals surface area contributed by atoms with Crippen LogP contribution in [0.1, 0.15) is 90.9 Å². The molecule has 9 heteroatoms. The molecular weight excluding hydrogens is 664 g/mol. The first-order valence-electron chi connectivity index (χ1n) is 13.2. The predicted molar refractivity (Wildman–Crippen MR) is 158 cm³/mol. The highest BCUT2D eigenvalue weighted by Crippen LogP contribution is 2.28. The Morgan fingerprint density at radius 2 is 1.06 bits per heavy atom. The molecule has 0 aliphatic rings. The maximum absolute atomic E-state index is 4.54. The van der Waals surface area contributed by atoms with Crippen LogP contribution in [0, 0.1) is 7.40 Å². The van der Waals surface area contributed by atoms with Crippen molar-refractivity contribution in [2.45, 2.75) is 104 Å². The van der Waals surface area contributed by atoms with E-state index in [4.69, 9.17) is 0 Å². The van der Waals surface area contributed by atoms with E-state index in [1.807, 2.05) is 16.4 Å². The van der Waals surface area contributed by atoms with E-state index < -0.39 is 0 Å². The standard InChI is InChI=1S/C26H40I2N7/c1-4-6-8-10-12-14-16-34-25(27)23(29-31-34)21-18-22(20-33(3)19-21)24-26(28)35(32-30-24)17-15-13-11-9-7-5-2/h18-20H,4-17H2,1-3H3/q+1. The van der Waals surface area contributed by atoms with Gasteiger partial charge in [0.05, 0.1) is 11.1 Å². The lowest BCUT2D eigenvalue weighted by Crippen LogP contribution is -2.27. The number of unbranched alkanes of at least 4 members (excludes halogenated alkanes) is 10. The van der Waals surface area contributed by atoms with Crippen molar-refractivity contribution in [1.82, 2.24) is 30.0 Å². The number of nitrogens with zero attached hydrogens (tertiary/aromatic N) is 7. The molecular formula is C26H40I2N7+. The summed E-state index contributed by atoms with van der Waals surface area (Å²) in [6, 6.07) is 2.17. The summed E-state index contributed by atoms with van der Waals surface area (Å²) >= 11 is 4.77. The Morgan fingerprint density at radius 1 is 0.657 bits per heavy atom. The molecule has 0 fully saturated rings. The van der Waals surface area contributed by atoms with Crippen LogP contribution >= 0.6 is 45.2 Å². The van der Waals surface area contributed by atoms with Crippen molar-refractivity contribution >= 4 is 45.2 Å². The maximum Gasteiger partial charge on any atom is 0.178 e. The van der Waals surface area contributed by atoms with Gasteiger partial charge in [-0.3, -0.25) is 0 Å². The number of hydrogen-bond donors (Lipinski definition) is 0. The average molecular weight is 704 g/mol. The number of rotatable bonds is 16. The van der Waals surface area contributed by atoms with Crippen LogP contribution < -0.4 is 4.57 Å². The van der Waals surface area contributed by atoms with Gasteiger partial charge in [-0.1, -0.05) is 88.5 Å². The Kier molecular flexibility index (Phi) is 12.4. The predicted octanol–water partition coefficient (Wildman–Crippen LogP) is 6.96. The molecule has 0 aromatic carbocycles. The second-order valence-electron chi connectivity index (χ2n) is 9.42. The third-order valence-electron chi connectivity index (χ3n) is 6.34. The van der Waals surface area contributed by atoms with E-state index in [1.54, 1.807) is 0 Å². The molecule has 0 aliphatic carbocycles. The van der Waals surface area contributed by atoms with E-state index in [-0.39, 0.29) is 0 Å². The minimum Gasteiger partial charge on any atom is -0.238 e. The van der Waals surface area contributed by atoms with Gasteiger partial charge in [0.1, 0.15) is 25.8 Å². The summed E-state index contributed by atoms with van der Waals surface area (Å²) in [5.74, 6) is 0. The van der Waals surface area contributed by atoms with Crippen LogP contribution in [0.3, 0.4) is 0 Å². The third-order valence-corrected chi connectivity index (χ3v) is 8.48. The molecule has 0 N–H and O–H groups in total. The minimum atomic E-state index is 0.924. The van der Waals surface area contributed by atoms with Crippen LogP contribution in [-0.4, -0.2) is 30.0 Å². The Hall–Kier alpha value is -1.11. The van der Waals surface area contributed by atoms with E-state index >= 15 is 0 Å². The fourth-order valence-electron chi connectivity index (χ4n) is 4.30. The summed E-state index contributed by atoms with van der Waals surface area (Å²) in [5, 5.41) is 18.0. The van der Waals surface area contributed by atoms with Crippen molar-refractivity contribution in [3.05, 3.63) is 25.9 Å². The highest BCUT2D eigenvalue weighted by molar-refractivity contribution is 14.1. The summed E-state index contributed by atoms with van der Waals surface area (Å²) in [4.78, 5) is 0. The van der Waals surface area contributed by atoms with Gasteiger partial charge in [-0.05, 0) is 64.1 Å². The molecule has 192 valence electrons. The first-order valence-corrected chi connectivity index (χ1v) is 15.4. The molecule has 35 heavy (non-hydrogen) atoms. The number of hydrogen-bond acceptors (Lipinski definition) is 4. The van der Waals surface area contributed by atoms with Crippen molar-refractivity contribution in [1.29, 1.82) is 0 Å². The monoisotopic (exact) mass is 704 g/mol. The summed E-state index contributed by atoms with van der Waals surface area (Å²) < 4.78 is 8.35. The molecule has 0 spiro atoms. The lowest BCUT2D eigenvalue weighted by molar-refractivity contribution is -0.670. The lowest BCUT2D eigenvalue weighted by Gasteiger charge is -2.04. The molecule has 3 aromatic heterocycles. The number of halogens is 2. The van der Waals surface area contributed by atoms with Crippen LogP contribution in [0.5, 0.6) is 0 Å². The normalized spacial score (nSPS) is 11.5.